The predicted molar refractivity (Wildman–Crippen MR) is 92.6 cm³/mol. The van der Waals surface area contributed by atoms with E-state index >= 15 is 0 Å². The summed E-state index contributed by atoms with van der Waals surface area (Å²) in [5.41, 5.74) is 1.61. The van der Waals surface area contributed by atoms with Crippen molar-refractivity contribution in [3.63, 3.8) is 0 Å². The van der Waals surface area contributed by atoms with Gasteiger partial charge in [-0.2, -0.15) is 0 Å². The van der Waals surface area contributed by atoms with Crippen LogP contribution in [0.5, 0.6) is 0 Å². The van der Waals surface area contributed by atoms with Crippen LogP contribution in [0.2, 0.25) is 0 Å². The van der Waals surface area contributed by atoms with Gasteiger partial charge in [0.05, 0.1) is 0 Å². The first-order valence-corrected chi connectivity index (χ1v) is 8.10. The van der Waals surface area contributed by atoms with Gasteiger partial charge in [-0.3, -0.25) is 4.79 Å². The molecule has 1 heterocycles. The smallest absolute Gasteiger partial charge is 0.270 e. The Labute approximate surface area is 137 Å². The maximum absolute atomic E-state index is 12.2. The Bertz CT molecular complexity index is 628. The molecule has 0 unspecified atom stereocenters. The Morgan fingerprint density at radius 3 is 2.65 bits per heavy atom. The average Bonchev–Trinajstić information content (AvgIpc) is 2.55. The SMILES string of the molecule is CCCCNc1cc(C(=O)NCCc2ccccc2)nc(C)n1. The summed E-state index contributed by atoms with van der Waals surface area (Å²) < 4.78 is 0. The van der Waals surface area contributed by atoms with Crippen LogP contribution in [-0.4, -0.2) is 29.0 Å². The number of carbonyl (C=O) groups is 1. The minimum Gasteiger partial charge on any atom is -0.370 e. The fourth-order valence-corrected chi connectivity index (χ4v) is 2.22. The molecule has 5 nitrogen and oxygen atoms in total. The molecule has 0 aliphatic heterocycles. The van der Waals surface area contributed by atoms with Crippen LogP contribution in [0.3, 0.4) is 0 Å². The number of benzene rings is 1. The van der Waals surface area contributed by atoms with Gasteiger partial charge >= 0.3 is 0 Å². The molecule has 0 atom stereocenters. The molecule has 0 aliphatic rings. The van der Waals surface area contributed by atoms with Crippen molar-refractivity contribution in [3.05, 3.63) is 53.5 Å². The molecule has 2 N–H and O–H groups in total. The van der Waals surface area contributed by atoms with Crippen LogP contribution in [0.1, 0.15) is 41.6 Å². The first-order valence-electron chi connectivity index (χ1n) is 8.10. The number of hydrogen-bond donors (Lipinski definition) is 2. The van der Waals surface area contributed by atoms with Crippen LogP contribution in [-0.2, 0) is 6.42 Å². The van der Waals surface area contributed by atoms with Crippen LogP contribution in [0.15, 0.2) is 36.4 Å². The van der Waals surface area contributed by atoms with E-state index in [-0.39, 0.29) is 5.91 Å². The number of rotatable bonds is 8. The zero-order valence-corrected chi connectivity index (χ0v) is 13.8. The molecule has 1 amide bonds. The fraction of sp³-hybridized carbons (Fsp3) is 0.389. The summed E-state index contributed by atoms with van der Waals surface area (Å²) in [4.78, 5) is 20.8. The monoisotopic (exact) mass is 312 g/mol. The molecule has 23 heavy (non-hydrogen) atoms. The molecule has 1 aromatic carbocycles. The Morgan fingerprint density at radius 2 is 1.91 bits per heavy atom. The molecule has 2 aromatic rings. The lowest BCUT2D eigenvalue weighted by Crippen LogP contribution is -2.27. The minimum absolute atomic E-state index is 0.162. The van der Waals surface area contributed by atoms with E-state index in [4.69, 9.17) is 0 Å². The van der Waals surface area contributed by atoms with Crippen molar-refractivity contribution in [2.75, 3.05) is 18.4 Å². The van der Waals surface area contributed by atoms with Crippen molar-refractivity contribution in [1.29, 1.82) is 0 Å². The van der Waals surface area contributed by atoms with Gasteiger partial charge in [0.15, 0.2) is 0 Å². The standard InChI is InChI=1S/C18H24N4O/c1-3-4-11-19-17-13-16(21-14(2)22-17)18(23)20-12-10-15-8-6-5-7-9-15/h5-9,13H,3-4,10-12H2,1-2H3,(H,20,23)(H,19,21,22). The number of unbranched alkanes of at least 4 members (excludes halogenated alkanes) is 1. The lowest BCUT2D eigenvalue weighted by molar-refractivity contribution is 0.0949. The average molecular weight is 312 g/mol. The maximum Gasteiger partial charge on any atom is 0.270 e. The van der Waals surface area contributed by atoms with Gasteiger partial charge in [0, 0.05) is 19.2 Å². The Kier molecular flexibility index (Phi) is 6.54. The van der Waals surface area contributed by atoms with Crippen LogP contribution >= 0.6 is 0 Å². The lowest BCUT2D eigenvalue weighted by atomic mass is 10.1. The van der Waals surface area contributed by atoms with Gasteiger partial charge in [-0.05, 0) is 25.3 Å². The van der Waals surface area contributed by atoms with Crippen molar-refractivity contribution in [1.82, 2.24) is 15.3 Å². The van der Waals surface area contributed by atoms with Crippen molar-refractivity contribution in [2.45, 2.75) is 33.1 Å². The molecule has 0 radical (unpaired) electrons. The van der Waals surface area contributed by atoms with Crippen LogP contribution in [0.4, 0.5) is 5.82 Å². The fourth-order valence-electron chi connectivity index (χ4n) is 2.22. The molecular weight excluding hydrogens is 288 g/mol. The van der Waals surface area contributed by atoms with Gasteiger partial charge in [-0.1, -0.05) is 43.7 Å². The summed E-state index contributed by atoms with van der Waals surface area (Å²) in [6.07, 6.45) is 2.99. The third kappa shape index (κ3) is 5.70. The highest BCUT2D eigenvalue weighted by Crippen LogP contribution is 2.07. The highest BCUT2D eigenvalue weighted by atomic mass is 16.1. The molecule has 0 bridgehead atoms. The maximum atomic E-state index is 12.2. The molecule has 122 valence electrons. The lowest BCUT2D eigenvalue weighted by Gasteiger charge is -2.09. The summed E-state index contributed by atoms with van der Waals surface area (Å²) in [7, 11) is 0. The Hall–Kier alpha value is -2.43. The van der Waals surface area contributed by atoms with Gasteiger partial charge < -0.3 is 10.6 Å². The van der Waals surface area contributed by atoms with Crippen LogP contribution in [0.25, 0.3) is 0 Å². The third-order valence-electron chi connectivity index (χ3n) is 3.45. The molecule has 0 saturated heterocycles. The van der Waals surface area contributed by atoms with Gasteiger partial charge in [0.2, 0.25) is 0 Å². The summed E-state index contributed by atoms with van der Waals surface area (Å²) in [6.45, 7) is 5.37. The zero-order chi connectivity index (χ0) is 16.5. The molecule has 1 aromatic heterocycles. The number of nitrogens with zero attached hydrogens (tertiary/aromatic N) is 2. The largest absolute Gasteiger partial charge is 0.370 e. The molecule has 2 rings (SSSR count). The van der Waals surface area contributed by atoms with E-state index in [1.165, 1.54) is 5.56 Å². The number of hydrogen-bond acceptors (Lipinski definition) is 4. The molecular formula is C18H24N4O. The molecule has 5 heteroatoms. The normalized spacial score (nSPS) is 10.3. The zero-order valence-electron chi connectivity index (χ0n) is 13.8. The Balaban J connectivity index is 1.90. The van der Waals surface area contributed by atoms with E-state index in [1.807, 2.05) is 18.2 Å². The second-order valence-corrected chi connectivity index (χ2v) is 5.46. The van der Waals surface area contributed by atoms with Gasteiger partial charge in [-0.25, -0.2) is 9.97 Å². The van der Waals surface area contributed by atoms with Gasteiger partial charge in [0.25, 0.3) is 5.91 Å². The first kappa shape index (κ1) is 16.9. The molecule has 0 aliphatic carbocycles. The van der Waals surface area contributed by atoms with E-state index in [2.05, 4.69) is 39.7 Å². The number of aromatic nitrogens is 2. The highest BCUT2D eigenvalue weighted by molar-refractivity contribution is 5.92. The minimum atomic E-state index is -0.162. The van der Waals surface area contributed by atoms with Crippen molar-refractivity contribution >= 4 is 11.7 Å². The van der Waals surface area contributed by atoms with Crippen LogP contribution < -0.4 is 10.6 Å². The predicted octanol–water partition coefficient (Wildman–Crippen LogP) is 2.97. The molecule has 0 saturated carbocycles. The number of aryl methyl sites for hydroxylation is 1. The van der Waals surface area contributed by atoms with Gasteiger partial charge in [0.1, 0.15) is 17.3 Å². The summed E-state index contributed by atoms with van der Waals surface area (Å²) >= 11 is 0. The number of anilines is 1. The second-order valence-electron chi connectivity index (χ2n) is 5.46. The first-order chi connectivity index (χ1) is 11.2. The van der Waals surface area contributed by atoms with E-state index in [9.17, 15) is 4.79 Å². The quantitative estimate of drug-likeness (QED) is 0.735. The van der Waals surface area contributed by atoms with Gasteiger partial charge in [-0.15, -0.1) is 0 Å². The highest BCUT2D eigenvalue weighted by Gasteiger charge is 2.10. The summed E-state index contributed by atoms with van der Waals surface area (Å²) in [6, 6.07) is 11.8. The number of amides is 1. The molecule has 0 spiro atoms. The third-order valence-corrected chi connectivity index (χ3v) is 3.45. The van der Waals surface area contributed by atoms with E-state index in [0.717, 1.165) is 25.8 Å². The number of carbonyl (C=O) groups excluding carboxylic acids is 1. The van der Waals surface area contributed by atoms with Crippen LogP contribution in [0, 0.1) is 6.92 Å². The summed E-state index contributed by atoms with van der Waals surface area (Å²) in [5.74, 6) is 1.14. The van der Waals surface area contributed by atoms with Crippen molar-refractivity contribution in [2.24, 2.45) is 0 Å². The van der Waals surface area contributed by atoms with Crippen molar-refractivity contribution < 1.29 is 4.79 Å². The Morgan fingerprint density at radius 1 is 1.13 bits per heavy atom. The van der Waals surface area contributed by atoms with E-state index < -0.39 is 0 Å². The van der Waals surface area contributed by atoms with E-state index in [1.54, 1.807) is 13.0 Å². The van der Waals surface area contributed by atoms with E-state index in [0.29, 0.717) is 23.9 Å². The molecule has 0 fully saturated rings. The topological polar surface area (TPSA) is 66.9 Å². The summed E-state index contributed by atoms with van der Waals surface area (Å²) in [5, 5.41) is 6.14. The second kappa shape index (κ2) is 8.88. The van der Waals surface area contributed by atoms with Crippen molar-refractivity contribution in [3.8, 4) is 0 Å². The number of nitrogens with one attached hydrogen (secondary N) is 2.